The number of nitrogens with one attached hydrogen (secondary N) is 1. The first-order valence-electron chi connectivity index (χ1n) is 10.4. The Labute approximate surface area is 211 Å². The van der Waals surface area contributed by atoms with E-state index < -0.39 is 17.1 Å². The smallest absolute Gasteiger partial charge is 0.294 e. The van der Waals surface area contributed by atoms with E-state index in [9.17, 15) is 14.4 Å². The van der Waals surface area contributed by atoms with Gasteiger partial charge in [-0.3, -0.25) is 19.3 Å². The molecule has 1 N–H and O–H groups in total. The van der Waals surface area contributed by atoms with Crippen molar-refractivity contribution in [3.05, 3.63) is 56.4 Å². The fourth-order valence-electron chi connectivity index (χ4n) is 3.20. The number of hydrogen-bond donors (Lipinski definition) is 1. The summed E-state index contributed by atoms with van der Waals surface area (Å²) < 4.78 is 11.8. The molecule has 2 aromatic rings. The van der Waals surface area contributed by atoms with E-state index in [0.29, 0.717) is 33.8 Å². The van der Waals surface area contributed by atoms with Gasteiger partial charge >= 0.3 is 0 Å². The number of rotatable bonds is 8. The van der Waals surface area contributed by atoms with Crippen LogP contribution in [-0.2, 0) is 9.59 Å². The van der Waals surface area contributed by atoms with E-state index >= 15 is 0 Å². The molecule has 176 valence electrons. The molecule has 7 nitrogen and oxygen atoms in total. The number of amides is 3. The molecule has 0 aliphatic carbocycles. The quantitative estimate of drug-likeness (QED) is 0.366. The van der Waals surface area contributed by atoms with E-state index in [-0.39, 0.29) is 18.1 Å². The van der Waals surface area contributed by atoms with Gasteiger partial charge in [0.05, 0.1) is 16.0 Å². The van der Waals surface area contributed by atoms with Crippen molar-refractivity contribution in [1.82, 2.24) is 4.90 Å². The van der Waals surface area contributed by atoms with Crippen molar-refractivity contribution >= 4 is 56.5 Å². The number of nitrogens with zero attached hydrogens (tertiary/aromatic N) is 1. The standard InChI is InChI=1S/C25H23BrN2O5S/c1-5-10-33-23-18(26)11-17(12-20(23)32-6-2)13-21-24(30)28(25(31)34-21)14-22(29)27-19-9-7-8-15(3)16(19)4/h1,7-9,11-13H,6,10,14H2,2-4H3,(H,27,29)/b21-13-. The van der Waals surface area contributed by atoms with Crippen molar-refractivity contribution < 1.29 is 23.9 Å². The molecule has 0 radical (unpaired) electrons. The highest BCUT2D eigenvalue weighted by atomic mass is 79.9. The fourth-order valence-corrected chi connectivity index (χ4v) is 4.61. The van der Waals surface area contributed by atoms with Gasteiger partial charge in [0.15, 0.2) is 11.5 Å². The van der Waals surface area contributed by atoms with Crippen LogP contribution in [0.3, 0.4) is 0 Å². The number of terminal acetylenes is 1. The van der Waals surface area contributed by atoms with E-state index in [1.165, 1.54) is 0 Å². The molecule has 1 fully saturated rings. The Hall–Kier alpha value is -3.22. The summed E-state index contributed by atoms with van der Waals surface area (Å²) in [6.45, 7) is 5.76. The lowest BCUT2D eigenvalue weighted by atomic mass is 10.1. The van der Waals surface area contributed by atoms with Crippen LogP contribution in [-0.4, -0.2) is 41.7 Å². The Balaban J connectivity index is 1.78. The summed E-state index contributed by atoms with van der Waals surface area (Å²) in [6, 6.07) is 8.98. The average Bonchev–Trinajstić information content (AvgIpc) is 3.04. The zero-order chi connectivity index (χ0) is 24.8. The summed E-state index contributed by atoms with van der Waals surface area (Å²) in [4.78, 5) is 39.0. The van der Waals surface area contributed by atoms with Gasteiger partial charge in [0, 0.05) is 5.69 Å². The highest BCUT2D eigenvalue weighted by Gasteiger charge is 2.36. The number of halogens is 1. The monoisotopic (exact) mass is 542 g/mol. The van der Waals surface area contributed by atoms with Crippen molar-refractivity contribution in [3.8, 4) is 23.8 Å². The van der Waals surface area contributed by atoms with Gasteiger partial charge in [-0.05, 0) is 89.4 Å². The van der Waals surface area contributed by atoms with Gasteiger partial charge in [-0.15, -0.1) is 6.42 Å². The second kappa shape index (κ2) is 11.3. The molecule has 3 rings (SSSR count). The van der Waals surface area contributed by atoms with E-state index in [4.69, 9.17) is 15.9 Å². The molecular weight excluding hydrogens is 520 g/mol. The van der Waals surface area contributed by atoms with Crippen LogP contribution >= 0.6 is 27.7 Å². The Kier molecular flexibility index (Phi) is 8.42. The molecule has 1 heterocycles. The van der Waals surface area contributed by atoms with Gasteiger partial charge in [-0.1, -0.05) is 18.1 Å². The predicted molar refractivity (Wildman–Crippen MR) is 137 cm³/mol. The van der Waals surface area contributed by atoms with Gasteiger partial charge in [0.2, 0.25) is 5.91 Å². The maximum Gasteiger partial charge on any atom is 0.294 e. The molecular formula is C25H23BrN2O5S. The molecule has 0 bridgehead atoms. The van der Waals surface area contributed by atoms with Crippen molar-refractivity contribution in [1.29, 1.82) is 0 Å². The number of hydrogen-bond acceptors (Lipinski definition) is 6. The van der Waals surface area contributed by atoms with E-state index in [2.05, 4.69) is 27.2 Å². The van der Waals surface area contributed by atoms with Crippen molar-refractivity contribution in [3.63, 3.8) is 0 Å². The molecule has 0 unspecified atom stereocenters. The van der Waals surface area contributed by atoms with Crippen LogP contribution in [0, 0.1) is 26.2 Å². The van der Waals surface area contributed by atoms with Crippen molar-refractivity contribution in [2.24, 2.45) is 0 Å². The minimum Gasteiger partial charge on any atom is -0.490 e. The third-order valence-electron chi connectivity index (χ3n) is 4.98. The van der Waals surface area contributed by atoms with Crippen molar-refractivity contribution in [2.75, 3.05) is 25.1 Å². The highest BCUT2D eigenvalue weighted by molar-refractivity contribution is 9.10. The summed E-state index contributed by atoms with van der Waals surface area (Å²) in [5.74, 6) is 2.32. The number of carbonyl (C=O) groups is 3. The lowest BCUT2D eigenvalue weighted by molar-refractivity contribution is -0.127. The van der Waals surface area contributed by atoms with Crippen molar-refractivity contribution in [2.45, 2.75) is 20.8 Å². The number of benzene rings is 2. The first-order valence-corrected chi connectivity index (χ1v) is 12.0. The van der Waals surface area contributed by atoms with E-state index in [1.54, 1.807) is 24.3 Å². The molecule has 0 atom stereocenters. The third-order valence-corrected chi connectivity index (χ3v) is 6.48. The molecule has 1 aliphatic rings. The number of ether oxygens (including phenoxy) is 2. The SMILES string of the molecule is C#CCOc1c(Br)cc(/C=C2\SC(=O)N(CC(=O)Nc3cccc(C)c3C)C2=O)cc1OCC. The Morgan fingerprint density at radius 3 is 2.74 bits per heavy atom. The number of carbonyl (C=O) groups excluding carboxylic acids is 3. The zero-order valence-electron chi connectivity index (χ0n) is 18.9. The molecule has 0 saturated carbocycles. The topological polar surface area (TPSA) is 84.9 Å². The zero-order valence-corrected chi connectivity index (χ0v) is 21.3. The Morgan fingerprint density at radius 2 is 2.03 bits per heavy atom. The Bertz CT molecular complexity index is 1220. The van der Waals surface area contributed by atoms with Crippen LogP contribution in [0.25, 0.3) is 6.08 Å². The molecule has 2 aromatic carbocycles. The predicted octanol–water partition coefficient (Wildman–Crippen LogP) is 5.15. The minimum absolute atomic E-state index is 0.0705. The highest BCUT2D eigenvalue weighted by Crippen LogP contribution is 2.39. The molecule has 3 amide bonds. The van der Waals surface area contributed by atoms with Gasteiger partial charge in [0.1, 0.15) is 13.2 Å². The summed E-state index contributed by atoms with van der Waals surface area (Å²) in [6.07, 6.45) is 6.85. The van der Waals surface area contributed by atoms with Crippen LogP contribution < -0.4 is 14.8 Å². The Morgan fingerprint density at radius 1 is 1.26 bits per heavy atom. The van der Waals surface area contributed by atoms with Gasteiger partial charge in [-0.25, -0.2) is 0 Å². The van der Waals surface area contributed by atoms with Crippen LogP contribution in [0.4, 0.5) is 10.5 Å². The number of aryl methyl sites for hydroxylation is 1. The van der Waals surface area contributed by atoms with Gasteiger partial charge < -0.3 is 14.8 Å². The first-order chi connectivity index (χ1) is 16.2. The molecule has 1 saturated heterocycles. The molecule has 0 aromatic heterocycles. The summed E-state index contributed by atoms with van der Waals surface area (Å²) in [5.41, 5.74) is 3.22. The van der Waals surface area contributed by atoms with Gasteiger partial charge in [-0.2, -0.15) is 0 Å². The normalized spacial score (nSPS) is 14.3. The lowest BCUT2D eigenvalue weighted by Gasteiger charge is -2.14. The van der Waals surface area contributed by atoms with Crippen LogP contribution in [0.1, 0.15) is 23.6 Å². The van der Waals surface area contributed by atoms with Crippen LogP contribution in [0.5, 0.6) is 11.5 Å². The third kappa shape index (κ3) is 5.82. The second-order valence-electron chi connectivity index (χ2n) is 7.32. The fraction of sp³-hybridized carbons (Fsp3) is 0.240. The van der Waals surface area contributed by atoms with E-state index in [0.717, 1.165) is 27.8 Å². The molecule has 1 aliphatic heterocycles. The number of thioether (sulfide) groups is 1. The first kappa shape index (κ1) is 25.4. The summed E-state index contributed by atoms with van der Waals surface area (Å²) in [7, 11) is 0. The maximum absolute atomic E-state index is 12.9. The molecule has 34 heavy (non-hydrogen) atoms. The lowest BCUT2D eigenvalue weighted by Crippen LogP contribution is -2.36. The average molecular weight is 543 g/mol. The maximum atomic E-state index is 12.9. The van der Waals surface area contributed by atoms with Gasteiger partial charge in [0.25, 0.3) is 11.1 Å². The summed E-state index contributed by atoms with van der Waals surface area (Å²) in [5, 5.41) is 2.26. The number of anilines is 1. The minimum atomic E-state index is -0.534. The number of imide groups is 1. The largest absolute Gasteiger partial charge is 0.490 e. The van der Waals surface area contributed by atoms with E-state index in [1.807, 2.05) is 32.9 Å². The summed E-state index contributed by atoms with van der Waals surface area (Å²) >= 11 is 4.21. The van der Waals surface area contributed by atoms with Crippen LogP contribution in [0.2, 0.25) is 0 Å². The molecule has 0 spiro atoms. The molecule has 9 heteroatoms. The van der Waals surface area contributed by atoms with Crippen LogP contribution in [0.15, 0.2) is 39.7 Å². The second-order valence-corrected chi connectivity index (χ2v) is 9.17.